The fraction of sp³-hybridized carbons (Fsp3) is 0.800. The number of allylic oxidation sites excluding steroid dienone is 2. The van der Waals surface area contributed by atoms with Crippen molar-refractivity contribution in [2.24, 2.45) is 0 Å². The number of carboxylic acid groups (broad SMARTS) is 1. The molecule has 0 fully saturated rings. The van der Waals surface area contributed by atoms with E-state index in [1.165, 1.54) is 50.5 Å². The van der Waals surface area contributed by atoms with Gasteiger partial charge >= 0.3 is 11.9 Å². The molecular formula is C20H38O5. The molecule has 148 valence electrons. The first kappa shape index (κ1) is 25.9. The summed E-state index contributed by atoms with van der Waals surface area (Å²) in [6.07, 6.45) is 12.6. The summed E-state index contributed by atoms with van der Waals surface area (Å²) in [6, 6.07) is 0. The second-order valence-electron chi connectivity index (χ2n) is 6.34. The summed E-state index contributed by atoms with van der Waals surface area (Å²) in [5.74, 6) is -1.64. The molecule has 0 radical (unpaired) electrons. The van der Waals surface area contributed by atoms with Gasteiger partial charge < -0.3 is 5.11 Å². The number of carbonyl (C=O) groups is 2. The molecule has 0 unspecified atom stereocenters. The lowest BCUT2D eigenvalue weighted by Crippen LogP contribution is -2.08. The largest absolute Gasteiger partial charge is 0.481 e. The molecule has 0 amide bonds. The number of carboxylic acids is 1. The smallest absolute Gasteiger partial charge is 0.342 e. The van der Waals surface area contributed by atoms with Gasteiger partial charge in [0, 0.05) is 0 Å². The van der Waals surface area contributed by atoms with Gasteiger partial charge in [-0.05, 0) is 26.7 Å². The van der Waals surface area contributed by atoms with E-state index in [1.54, 1.807) is 0 Å². The predicted molar refractivity (Wildman–Crippen MR) is 101 cm³/mol. The van der Waals surface area contributed by atoms with Gasteiger partial charge in [-0.3, -0.25) is 9.68 Å². The zero-order chi connectivity index (χ0) is 19.3. The third-order valence-corrected chi connectivity index (χ3v) is 3.39. The molecule has 25 heavy (non-hydrogen) atoms. The molecule has 0 saturated heterocycles. The molecule has 0 spiro atoms. The maximum absolute atomic E-state index is 11.0. The van der Waals surface area contributed by atoms with Crippen LogP contribution in [0, 0.1) is 0 Å². The third-order valence-electron chi connectivity index (χ3n) is 3.39. The summed E-state index contributed by atoms with van der Waals surface area (Å²) in [6.45, 7) is 8.96. The zero-order valence-corrected chi connectivity index (χ0v) is 16.6. The van der Waals surface area contributed by atoms with Crippen molar-refractivity contribution < 1.29 is 24.5 Å². The van der Waals surface area contributed by atoms with E-state index < -0.39 is 11.9 Å². The van der Waals surface area contributed by atoms with Crippen molar-refractivity contribution in [3.8, 4) is 0 Å². The van der Waals surface area contributed by atoms with Gasteiger partial charge in [0.1, 0.15) is 0 Å². The molecule has 5 nitrogen and oxygen atoms in total. The van der Waals surface area contributed by atoms with Crippen LogP contribution >= 0.6 is 0 Å². The van der Waals surface area contributed by atoms with Gasteiger partial charge in [-0.15, -0.1) is 0 Å². The molecule has 5 heteroatoms. The highest BCUT2D eigenvalue weighted by atomic mass is 17.2. The molecule has 0 atom stereocenters. The fourth-order valence-electron chi connectivity index (χ4n) is 2.06. The van der Waals surface area contributed by atoms with E-state index in [-0.39, 0.29) is 12.8 Å². The molecule has 0 heterocycles. The number of hydrogen-bond donors (Lipinski definition) is 1. The van der Waals surface area contributed by atoms with Gasteiger partial charge in [0.25, 0.3) is 0 Å². The van der Waals surface area contributed by atoms with E-state index in [2.05, 4.69) is 38.7 Å². The van der Waals surface area contributed by atoms with Crippen LogP contribution in [-0.4, -0.2) is 23.7 Å². The maximum Gasteiger partial charge on any atom is 0.342 e. The quantitative estimate of drug-likeness (QED) is 0.183. The van der Waals surface area contributed by atoms with E-state index in [4.69, 9.17) is 9.99 Å². The summed E-state index contributed by atoms with van der Waals surface area (Å²) in [5, 5.41) is 8.36. The van der Waals surface area contributed by atoms with Crippen LogP contribution in [0.2, 0.25) is 0 Å². The van der Waals surface area contributed by atoms with Crippen molar-refractivity contribution >= 4 is 11.9 Å². The van der Waals surface area contributed by atoms with Crippen molar-refractivity contribution in [3.63, 3.8) is 0 Å². The summed E-state index contributed by atoms with van der Waals surface area (Å²) in [4.78, 5) is 30.4. The minimum Gasteiger partial charge on any atom is -0.481 e. The lowest BCUT2D eigenvalue weighted by Gasteiger charge is -2.03. The normalized spacial score (nSPS) is 9.76. The van der Waals surface area contributed by atoms with Crippen LogP contribution in [-0.2, 0) is 19.4 Å². The Labute approximate surface area is 153 Å². The van der Waals surface area contributed by atoms with Gasteiger partial charge in [0.05, 0.1) is 19.4 Å². The number of rotatable bonds is 14. The Hall–Kier alpha value is -1.36. The van der Waals surface area contributed by atoms with E-state index in [0.717, 1.165) is 12.8 Å². The lowest BCUT2D eigenvalue weighted by molar-refractivity contribution is -0.272. The monoisotopic (exact) mass is 358 g/mol. The van der Waals surface area contributed by atoms with Gasteiger partial charge in [-0.2, -0.15) is 4.89 Å². The Morgan fingerprint density at radius 1 is 0.880 bits per heavy atom. The van der Waals surface area contributed by atoms with Gasteiger partial charge in [-0.25, -0.2) is 4.79 Å². The van der Waals surface area contributed by atoms with E-state index in [0.29, 0.717) is 6.61 Å². The molecule has 0 aliphatic heterocycles. The third kappa shape index (κ3) is 27.8. The first-order chi connectivity index (χ1) is 11.9. The van der Waals surface area contributed by atoms with Crippen LogP contribution in [0.4, 0.5) is 0 Å². The molecule has 0 rings (SSSR count). The van der Waals surface area contributed by atoms with Gasteiger partial charge in [0.15, 0.2) is 0 Å². The molecule has 0 aliphatic rings. The number of carbonyl (C=O) groups excluding carboxylic acids is 1. The van der Waals surface area contributed by atoms with Gasteiger partial charge in [-0.1, -0.05) is 70.4 Å². The lowest BCUT2D eigenvalue weighted by atomic mass is 10.1. The minimum absolute atomic E-state index is 0.146. The highest BCUT2D eigenvalue weighted by molar-refractivity contribution is 5.76. The highest BCUT2D eigenvalue weighted by Gasteiger charge is 2.07. The number of unbranched alkanes of at least 4 members (excludes halogenated alkanes) is 7. The van der Waals surface area contributed by atoms with Crippen LogP contribution in [0.25, 0.3) is 0 Å². The van der Waals surface area contributed by atoms with Crippen molar-refractivity contribution in [2.75, 3.05) is 6.61 Å². The molecule has 0 saturated carbocycles. The summed E-state index contributed by atoms with van der Waals surface area (Å²) < 4.78 is 0. The molecule has 0 aromatic heterocycles. The van der Waals surface area contributed by atoms with Crippen LogP contribution in [0.15, 0.2) is 11.6 Å². The van der Waals surface area contributed by atoms with E-state index in [1.807, 2.05) is 0 Å². The average molecular weight is 359 g/mol. The van der Waals surface area contributed by atoms with Crippen LogP contribution in [0.3, 0.4) is 0 Å². The summed E-state index contributed by atoms with van der Waals surface area (Å²) >= 11 is 0. The second-order valence-corrected chi connectivity index (χ2v) is 6.34. The Bertz CT molecular complexity index is 346. The molecule has 0 bridgehead atoms. The second kappa shape index (κ2) is 20.7. The van der Waals surface area contributed by atoms with Crippen LogP contribution < -0.4 is 0 Å². The maximum atomic E-state index is 11.0. The molecule has 0 aromatic carbocycles. The average Bonchev–Trinajstić information content (AvgIpc) is 2.55. The van der Waals surface area contributed by atoms with Crippen molar-refractivity contribution in [1.29, 1.82) is 0 Å². The predicted octanol–water partition coefficient (Wildman–Crippen LogP) is 5.83. The summed E-state index contributed by atoms with van der Waals surface area (Å²) in [5.41, 5.74) is 1.41. The van der Waals surface area contributed by atoms with Crippen molar-refractivity contribution in [3.05, 3.63) is 11.6 Å². The molecular weight excluding hydrogens is 320 g/mol. The zero-order valence-electron chi connectivity index (χ0n) is 16.6. The Morgan fingerprint density at radius 2 is 1.44 bits per heavy atom. The molecule has 0 aliphatic carbocycles. The fourth-order valence-corrected chi connectivity index (χ4v) is 2.06. The first-order valence-corrected chi connectivity index (χ1v) is 9.61. The Kier molecular flexibility index (Phi) is 21.4. The van der Waals surface area contributed by atoms with E-state index >= 15 is 0 Å². The number of aliphatic carboxylic acids is 1. The Morgan fingerprint density at radius 3 is 1.88 bits per heavy atom. The molecule has 0 aromatic rings. The minimum atomic E-state index is -1.01. The number of hydrogen-bond acceptors (Lipinski definition) is 4. The van der Waals surface area contributed by atoms with Crippen molar-refractivity contribution in [1.82, 2.24) is 0 Å². The first-order valence-electron chi connectivity index (χ1n) is 9.61. The van der Waals surface area contributed by atoms with Crippen LogP contribution in [0.5, 0.6) is 0 Å². The Balaban J connectivity index is 0. The SMILES string of the molecule is CCC=C(C)C.CCCCCCCCCCOOC(=O)CCC(=O)O. The van der Waals surface area contributed by atoms with Crippen molar-refractivity contribution in [2.45, 2.75) is 98.3 Å². The topological polar surface area (TPSA) is 72.8 Å². The van der Waals surface area contributed by atoms with E-state index in [9.17, 15) is 9.59 Å². The standard InChI is InChI=1S/C14H26O5.C6H12/c1-2-3-4-5-6-7-8-9-12-18-19-14(17)11-10-13(15)16;1-4-5-6(2)3/h2-12H2,1H3,(H,15,16);5H,4H2,1-3H3. The van der Waals surface area contributed by atoms with Crippen LogP contribution in [0.1, 0.15) is 98.3 Å². The molecule has 1 N–H and O–H groups in total. The highest BCUT2D eigenvalue weighted by Crippen LogP contribution is 2.08. The summed E-state index contributed by atoms with van der Waals surface area (Å²) in [7, 11) is 0. The van der Waals surface area contributed by atoms with Gasteiger partial charge in [0.2, 0.25) is 0 Å².